The fraction of sp³-hybridized carbons (Fsp3) is 0.238. The highest BCUT2D eigenvalue weighted by molar-refractivity contribution is 9.10. The molecule has 3 aromatic rings. The van der Waals surface area contributed by atoms with E-state index in [9.17, 15) is 4.79 Å². The van der Waals surface area contributed by atoms with E-state index in [1.165, 1.54) is 13.3 Å². The van der Waals surface area contributed by atoms with Crippen molar-refractivity contribution in [3.05, 3.63) is 51.4 Å². The molecule has 3 N–H and O–H groups in total. The van der Waals surface area contributed by atoms with E-state index in [0.717, 1.165) is 11.3 Å². The molecule has 3 rings (SSSR count). The summed E-state index contributed by atoms with van der Waals surface area (Å²) in [5.41, 5.74) is 8.64. The molecule has 0 aliphatic carbocycles. The molecule has 10 nitrogen and oxygen atoms in total. The van der Waals surface area contributed by atoms with Gasteiger partial charge in [0, 0.05) is 0 Å². The standard InChI is InChI=1S/C21H22BrN5O5S/c1-29-15-5-3-4-6-16(15)31-7-8-32-20-14(22)9-13(10-17(20)30-2)12-24-25-18(28)11-19-26-27-21(23)33-19/h3-6,9-10,12H,7-8,11H2,1-2H3,(H2,23,27)(H,25,28)/b24-12-. The van der Waals surface area contributed by atoms with E-state index in [0.29, 0.717) is 49.8 Å². The molecule has 33 heavy (non-hydrogen) atoms. The van der Waals surface area contributed by atoms with Crippen molar-refractivity contribution in [1.29, 1.82) is 0 Å². The number of ether oxygens (including phenoxy) is 4. The summed E-state index contributed by atoms with van der Waals surface area (Å²) in [7, 11) is 3.13. The Morgan fingerprint density at radius 2 is 1.85 bits per heavy atom. The number of hydrazone groups is 1. The molecule has 0 spiro atoms. The van der Waals surface area contributed by atoms with Gasteiger partial charge in [-0.2, -0.15) is 5.10 Å². The summed E-state index contributed by atoms with van der Waals surface area (Å²) in [6.45, 7) is 0.595. The Hall–Kier alpha value is -3.38. The maximum absolute atomic E-state index is 11.9. The third-order valence-corrected chi connectivity index (χ3v) is 5.45. The molecular weight excluding hydrogens is 514 g/mol. The Morgan fingerprint density at radius 1 is 1.12 bits per heavy atom. The molecular formula is C21H22BrN5O5S. The number of para-hydroxylation sites is 2. The summed E-state index contributed by atoms with van der Waals surface area (Å²) in [6, 6.07) is 10.9. The van der Waals surface area contributed by atoms with E-state index in [4.69, 9.17) is 24.7 Å². The van der Waals surface area contributed by atoms with E-state index in [-0.39, 0.29) is 18.9 Å². The molecule has 0 aliphatic rings. The van der Waals surface area contributed by atoms with Gasteiger partial charge in [0.15, 0.2) is 23.0 Å². The first kappa shape index (κ1) is 24.3. The molecule has 1 heterocycles. The van der Waals surface area contributed by atoms with Gasteiger partial charge in [0.05, 0.1) is 31.3 Å². The number of hydrogen-bond donors (Lipinski definition) is 2. The quantitative estimate of drug-likeness (QED) is 0.217. The van der Waals surface area contributed by atoms with Gasteiger partial charge in [-0.05, 0) is 45.8 Å². The van der Waals surface area contributed by atoms with E-state index in [2.05, 4.69) is 36.7 Å². The van der Waals surface area contributed by atoms with Crippen molar-refractivity contribution >= 4 is 44.5 Å². The molecule has 174 valence electrons. The minimum absolute atomic E-state index is 0.0446. The normalized spacial score (nSPS) is 10.8. The van der Waals surface area contributed by atoms with Crippen LogP contribution in [0.25, 0.3) is 0 Å². The number of nitrogens with zero attached hydrogens (tertiary/aromatic N) is 3. The molecule has 12 heteroatoms. The molecule has 2 aromatic carbocycles. The second kappa shape index (κ2) is 12.0. The number of anilines is 1. The van der Waals surface area contributed by atoms with Gasteiger partial charge in [-0.1, -0.05) is 23.5 Å². The second-order valence-electron chi connectivity index (χ2n) is 6.39. The number of amides is 1. The lowest BCUT2D eigenvalue weighted by Gasteiger charge is -2.14. The largest absolute Gasteiger partial charge is 0.493 e. The Bertz CT molecular complexity index is 1120. The average molecular weight is 536 g/mol. The fourth-order valence-electron chi connectivity index (χ4n) is 2.68. The lowest BCUT2D eigenvalue weighted by atomic mass is 10.2. The van der Waals surface area contributed by atoms with Crippen molar-refractivity contribution in [3.63, 3.8) is 0 Å². The number of aromatic nitrogens is 2. The Morgan fingerprint density at radius 3 is 2.55 bits per heavy atom. The number of benzene rings is 2. The van der Waals surface area contributed by atoms with E-state index in [1.54, 1.807) is 19.2 Å². The van der Waals surface area contributed by atoms with Gasteiger partial charge in [0.25, 0.3) is 0 Å². The number of hydrogen-bond acceptors (Lipinski definition) is 10. The van der Waals surface area contributed by atoms with Crippen molar-refractivity contribution in [2.45, 2.75) is 6.42 Å². The second-order valence-corrected chi connectivity index (χ2v) is 8.33. The SMILES string of the molecule is COc1ccccc1OCCOc1c(Br)cc(/C=N\NC(=O)Cc2nnc(N)s2)cc1OC. The van der Waals surface area contributed by atoms with Crippen LogP contribution in [0, 0.1) is 0 Å². The first-order chi connectivity index (χ1) is 16.0. The molecule has 0 saturated carbocycles. The number of methoxy groups -OCH3 is 2. The molecule has 1 aromatic heterocycles. The zero-order valence-electron chi connectivity index (χ0n) is 17.9. The maximum atomic E-state index is 11.9. The van der Waals surface area contributed by atoms with Gasteiger partial charge in [0.2, 0.25) is 11.0 Å². The molecule has 1 amide bonds. The van der Waals surface area contributed by atoms with Gasteiger partial charge < -0.3 is 24.7 Å². The first-order valence-corrected chi connectivity index (χ1v) is 11.3. The predicted molar refractivity (Wildman–Crippen MR) is 128 cm³/mol. The molecule has 0 bridgehead atoms. The fourth-order valence-corrected chi connectivity index (χ4v) is 3.86. The van der Waals surface area contributed by atoms with Crippen molar-refractivity contribution in [1.82, 2.24) is 15.6 Å². The highest BCUT2D eigenvalue weighted by Crippen LogP contribution is 2.36. The number of nitrogens with two attached hydrogens (primary N) is 1. The van der Waals surface area contributed by atoms with E-state index >= 15 is 0 Å². The highest BCUT2D eigenvalue weighted by atomic mass is 79.9. The van der Waals surface area contributed by atoms with Crippen LogP contribution in [0.15, 0.2) is 46.0 Å². The molecule has 0 atom stereocenters. The minimum atomic E-state index is -0.330. The number of nitrogen functional groups attached to an aromatic ring is 1. The molecule has 0 aliphatic heterocycles. The Balaban J connectivity index is 1.55. The van der Waals surface area contributed by atoms with E-state index in [1.807, 2.05) is 24.3 Å². The number of carbonyl (C=O) groups is 1. The van der Waals surface area contributed by atoms with Crippen LogP contribution in [0.1, 0.15) is 10.6 Å². The summed E-state index contributed by atoms with van der Waals surface area (Å²) in [5.74, 6) is 1.98. The molecule has 0 unspecified atom stereocenters. The number of halogens is 1. The zero-order valence-corrected chi connectivity index (χ0v) is 20.3. The zero-order chi connectivity index (χ0) is 23.6. The summed E-state index contributed by atoms with van der Waals surface area (Å²) in [4.78, 5) is 11.9. The molecule has 0 fully saturated rings. The third-order valence-electron chi connectivity index (χ3n) is 4.11. The van der Waals surface area contributed by atoms with Crippen LogP contribution in [0.4, 0.5) is 5.13 Å². The summed E-state index contributed by atoms with van der Waals surface area (Å²) < 4.78 is 22.9. The van der Waals surface area contributed by atoms with Crippen molar-refractivity contribution in [2.24, 2.45) is 5.10 Å². The first-order valence-electron chi connectivity index (χ1n) is 9.66. The Kier molecular flexibility index (Phi) is 8.84. The van der Waals surface area contributed by atoms with Gasteiger partial charge in [0.1, 0.15) is 18.2 Å². The maximum Gasteiger partial charge on any atom is 0.247 e. The van der Waals surface area contributed by atoms with Gasteiger partial charge in [-0.15, -0.1) is 10.2 Å². The summed E-state index contributed by atoms with van der Waals surface area (Å²) >= 11 is 4.64. The smallest absolute Gasteiger partial charge is 0.247 e. The molecule has 0 saturated heterocycles. The van der Waals surface area contributed by atoms with E-state index < -0.39 is 0 Å². The van der Waals surface area contributed by atoms with Crippen LogP contribution >= 0.6 is 27.3 Å². The van der Waals surface area contributed by atoms with Gasteiger partial charge >= 0.3 is 0 Å². The highest BCUT2D eigenvalue weighted by Gasteiger charge is 2.12. The van der Waals surface area contributed by atoms with Crippen LogP contribution in [0.5, 0.6) is 23.0 Å². The lowest BCUT2D eigenvalue weighted by Crippen LogP contribution is -2.19. The minimum Gasteiger partial charge on any atom is -0.493 e. The topological polar surface area (TPSA) is 130 Å². The third kappa shape index (κ3) is 7.05. The van der Waals surface area contributed by atoms with Crippen molar-refractivity contribution < 1.29 is 23.7 Å². The van der Waals surface area contributed by atoms with Gasteiger partial charge in [-0.3, -0.25) is 4.79 Å². The van der Waals surface area contributed by atoms with Crippen LogP contribution < -0.4 is 30.1 Å². The monoisotopic (exact) mass is 535 g/mol. The van der Waals surface area contributed by atoms with Gasteiger partial charge in [-0.25, -0.2) is 5.43 Å². The van der Waals surface area contributed by atoms with Crippen LogP contribution in [0.2, 0.25) is 0 Å². The summed E-state index contributed by atoms with van der Waals surface area (Å²) in [6.07, 6.45) is 1.54. The van der Waals surface area contributed by atoms with Crippen LogP contribution in [-0.2, 0) is 11.2 Å². The Labute approximate surface area is 202 Å². The number of carbonyl (C=O) groups excluding carboxylic acids is 1. The van der Waals surface area contributed by atoms with Crippen LogP contribution in [0.3, 0.4) is 0 Å². The van der Waals surface area contributed by atoms with Crippen LogP contribution in [-0.4, -0.2) is 49.8 Å². The number of nitrogens with one attached hydrogen (secondary N) is 1. The summed E-state index contributed by atoms with van der Waals surface area (Å²) in [5, 5.41) is 12.3. The van der Waals surface area contributed by atoms with Crippen molar-refractivity contribution in [2.75, 3.05) is 33.2 Å². The lowest BCUT2D eigenvalue weighted by molar-refractivity contribution is -0.120. The van der Waals surface area contributed by atoms with Crippen molar-refractivity contribution in [3.8, 4) is 23.0 Å². The average Bonchev–Trinajstić information content (AvgIpc) is 3.21. The number of rotatable bonds is 11. The molecule has 0 radical (unpaired) electrons. The predicted octanol–water partition coefficient (Wildman–Crippen LogP) is 3.05.